The molecule has 0 aromatic heterocycles. The SMILES string of the molecule is C=C1CC(c2ccccc2)(C(Cl)c2ccccc2)OC1=O. The minimum Gasteiger partial charge on any atom is -0.448 e. The number of ether oxygens (including phenoxy) is 1. The third-order valence-corrected chi connectivity index (χ3v) is 4.41. The molecule has 1 heterocycles. The Balaban J connectivity index is 2.10. The van der Waals surface area contributed by atoms with Gasteiger partial charge in [0.1, 0.15) is 5.38 Å². The maximum Gasteiger partial charge on any atom is 0.334 e. The number of hydrogen-bond donors (Lipinski definition) is 0. The quantitative estimate of drug-likeness (QED) is 0.478. The van der Waals surface area contributed by atoms with Crippen molar-refractivity contribution >= 4 is 17.6 Å². The fraction of sp³-hybridized carbons (Fsp3) is 0.167. The number of cyclic esters (lactones) is 1. The summed E-state index contributed by atoms with van der Waals surface area (Å²) in [5.74, 6) is -0.375. The number of alkyl halides is 1. The summed E-state index contributed by atoms with van der Waals surface area (Å²) in [5.41, 5.74) is 1.38. The molecule has 0 aliphatic carbocycles. The second kappa shape index (κ2) is 5.38. The molecule has 1 aliphatic heterocycles. The molecule has 0 radical (unpaired) electrons. The molecule has 0 spiro atoms. The Morgan fingerprint density at radius 3 is 2.14 bits per heavy atom. The summed E-state index contributed by atoms with van der Waals surface area (Å²) < 4.78 is 5.69. The van der Waals surface area contributed by atoms with E-state index in [0.717, 1.165) is 11.1 Å². The van der Waals surface area contributed by atoms with Gasteiger partial charge in [-0.1, -0.05) is 67.2 Å². The summed E-state index contributed by atoms with van der Waals surface area (Å²) in [7, 11) is 0. The van der Waals surface area contributed by atoms with Crippen molar-refractivity contribution in [3.63, 3.8) is 0 Å². The van der Waals surface area contributed by atoms with Crippen LogP contribution in [0.5, 0.6) is 0 Å². The van der Waals surface area contributed by atoms with Crippen LogP contribution < -0.4 is 0 Å². The number of benzene rings is 2. The zero-order valence-electron chi connectivity index (χ0n) is 11.5. The second-order valence-electron chi connectivity index (χ2n) is 5.20. The van der Waals surface area contributed by atoms with Gasteiger partial charge in [-0.3, -0.25) is 0 Å². The standard InChI is InChI=1S/C18H15ClO2/c1-13-12-18(21-17(13)20,15-10-6-3-7-11-15)16(19)14-8-4-2-5-9-14/h2-11,16H,1,12H2. The summed E-state index contributed by atoms with van der Waals surface area (Å²) in [6.07, 6.45) is 0.402. The topological polar surface area (TPSA) is 26.3 Å². The number of rotatable bonds is 3. The molecule has 1 saturated heterocycles. The third-order valence-electron chi connectivity index (χ3n) is 3.80. The van der Waals surface area contributed by atoms with Gasteiger partial charge in [-0.15, -0.1) is 11.6 Å². The van der Waals surface area contributed by atoms with Crippen molar-refractivity contribution in [3.05, 3.63) is 83.9 Å². The average molecular weight is 299 g/mol. The highest BCUT2D eigenvalue weighted by atomic mass is 35.5. The first-order chi connectivity index (χ1) is 10.1. The van der Waals surface area contributed by atoms with E-state index in [9.17, 15) is 4.79 Å². The molecule has 3 rings (SSSR count). The molecule has 2 atom stereocenters. The van der Waals surface area contributed by atoms with Crippen LogP contribution in [0.2, 0.25) is 0 Å². The van der Waals surface area contributed by atoms with Crippen molar-refractivity contribution in [3.8, 4) is 0 Å². The highest BCUT2D eigenvalue weighted by Crippen LogP contribution is 2.50. The molecule has 2 aromatic carbocycles. The summed E-state index contributed by atoms with van der Waals surface area (Å²) in [5, 5.41) is -0.468. The monoisotopic (exact) mass is 298 g/mol. The molecule has 2 unspecified atom stereocenters. The molecule has 0 saturated carbocycles. The molecule has 21 heavy (non-hydrogen) atoms. The lowest BCUT2D eigenvalue weighted by Crippen LogP contribution is -2.30. The third kappa shape index (κ3) is 2.36. The Labute approximate surface area is 129 Å². The smallest absolute Gasteiger partial charge is 0.334 e. The Bertz CT molecular complexity index is 648. The molecule has 2 aromatic rings. The predicted molar refractivity (Wildman–Crippen MR) is 83.0 cm³/mol. The normalized spacial score (nSPS) is 22.9. The van der Waals surface area contributed by atoms with Crippen LogP contribution in [0, 0.1) is 0 Å². The van der Waals surface area contributed by atoms with Crippen LogP contribution in [0.15, 0.2) is 72.8 Å². The van der Waals surface area contributed by atoms with Gasteiger partial charge in [-0.05, 0) is 11.1 Å². The van der Waals surface area contributed by atoms with Gasteiger partial charge in [0.25, 0.3) is 0 Å². The molecular formula is C18H15ClO2. The summed E-state index contributed by atoms with van der Waals surface area (Å²) in [6.45, 7) is 3.80. The maximum absolute atomic E-state index is 11.9. The van der Waals surface area contributed by atoms with Crippen molar-refractivity contribution < 1.29 is 9.53 Å². The van der Waals surface area contributed by atoms with Crippen molar-refractivity contribution in [1.82, 2.24) is 0 Å². The van der Waals surface area contributed by atoms with Gasteiger partial charge in [-0.25, -0.2) is 4.79 Å². The molecular weight excluding hydrogens is 284 g/mol. The average Bonchev–Trinajstić information content (AvgIpc) is 2.85. The Hall–Kier alpha value is -2.06. The zero-order valence-corrected chi connectivity index (χ0v) is 12.2. The molecule has 1 fully saturated rings. The highest BCUT2D eigenvalue weighted by molar-refractivity contribution is 6.22. The summed E-state index contributed by atoms with van der Waals surface area (Å²) in [6, 6.07) is 19.3. The lowest BCUT2D eigenvalue weighted by atomic mass is 9.83. The lowest BCUT2D eigenvalue weighted by molar-refractivity contribution is -0.147. The first-order valence-electron chi connectivity index (χ1n) is 6.79. The van der Waals surface area contributed by atoms with E-state index >= 15 is 0 Å². The van der Waals surface area contributed by atoms with E-state index in [-0.39, 0.29) is 5.97 Å². The number of hydrogen-bond acceptors (Lipinski definition) is 2. The van der Waals surface area contributed by atoms with Crippen molar-refractivity contribution in [2.24, 2.45) is 0 Å². The maximum atomic E-state index is 11.9. The van der Waals surface area contributed by atoms with Crippen LogP contribution in [-0.2, 0) is 15.1 Å². The Morgan fingerprint density at radius 1 is 1.05 bits per heavy atom. The largest absolute Gasteiger partial charge is 0.448 e. The Morgan fingerprint density at radius 2 is 1.62 bits per heavy atom. The van der Waals surface area contributed by atoms with Crippen molar-refractivity contribution in [1.29, 1.82) is 0 Å². The fourth-order valence-electron chi connectivity index (χ4n) is 2.72. The molecule has 1 aliphatic rings. The van der Waals surface area contributed by atoms with E-state index in [2.05, 4.69) is 6.58 Å². The van der Waals surface area contributed by atoms with Gasteiger partial charge in [0, 0.05) is 12.0 Å². The number of carbonyl (C=O) groups excluding carboxylic acids is 1. The van der Waals surface area contributed by atoms with E-state index < -0.39 is 11.0 Å². The molecule has 0 N–H and O–H groups in total. The summed E-state index contributed by atoms with van der Waals surface area (Å²) in [4.78, 5) is 11.9. The molecule has 3 heteroatoms. The van der Waals surface area contributed by atoms with Gasteiger partial charge in [0.05, 0.1) is 0 Å². The van der Waals surface area contributed by atoms with Gasteiger partial charge < -0.3 is 4.74 Å². The first kappa shape index (κ1) is 13.9. The fourth-order valence-corrected chi connectivity index (χ4v) is 3.12. The van der Waals surface area contributed by atoms with E-state index in [4.69, 9.17) is 16.3 Å². The number of halogens is 1. The second-order valence-corrected chi connectivity index (χ2v) is 5.64. The van der Waals surface area contributed by atoms with Crippen molar-refractivity contribution in [2.45, 2.75) is 17.4 Å². The number of esters is 1. The summed E-state index contributed by atoms with van der Waals surface area (Å²) >= 11 is 6.72. The van der Waals surface area contributed by atoms with E-state index in [1.54, 1.807) is 0 Å². The van der Waals surface area contributed by atoms with Crippen LogP contribution in [0.1, 0.15) is 22.9 Å². The van der Waals surface area contributed by atoms with E-state index in [0.29, 0.717) is 12.0 Å². The molecule has 106 valence electrons. The van der Waals surface area contributed by atoms with Crippen LogP contribution in [0.4, 0.5) is 0 Å². The van der Waals surface area contributed by atoms with E-state index in [1.165, 1.54) is 0 Å². The molecule has 0 bridgehead atoms. The number of carbonyl (C=O) groups is 1. The Kier molecular flexibility index (Phi) is 3.56. The highest BCUT2D eigenvalue weighted by Gasteiger charge is 2.50. The van der Waals surface area contributed by atoms with Gasteiger partial charge in [0.15, 0.2) is 5.60 Å². The van der Waals surface area contributed by atoms with Crippen LogP contribution in [0.25, 0.3) is 0 Å². The van der Waals surface area contributed by atoms with Crippen LogP contribution in [0.3, 0.4) is 0 Å². The van der Waals surface area contributed by atoms with Gasteiger partial charge >= 0.3 is 5.97 Å². The molecule has 2 nitrogen and oxygen atoms in total. The minimum absolute atomic E-state index is 0.375. The van der Waals surface area contributed by atoms with Gasteiger partial charge in [-0.2, -0.15) is 0 Å². The van der Waals surface area contributed by atoms with Gasteiger partial charge in [0.2, 0.25) is 0 Å². The molecule has 0 amide bonds. The van der Waals surface area contributed by atoms with E-state index in [1.807, 2.05) is 60.7 Å². The first-order valence-corrected chi connectivity index (χ1v) is 7.23. The van der Waals surface area contributed by atoms with Crippen LogP contribution >= 0.6 is 11.6 Å². The minimum atomic E-state index is -0.891. The van der Waals surface area contributed by atoms with Crippen molar-refractivity contribution in [2.75, 3.05) is 0 Å². The van der Waals surface area contributed by atoms with Crippen LogP contribution in [-0.4, -0.2) is 5.97 Å². The zero-order chi connectivity index (χ0) is 14.9. The lowest BCUT2D eigenvalue weighted by Gasteiger charge is -2.32. The predicted octanol–water partition coefficient (Wildman–Crippen LogP) is 4.37.